The first-order valence-corrected chi connectivity index (χ1v) is 8.20. The topological polar surface area (TPSA) is 49.4 Å². The second-order valence-corrected chi connectivity index (χ2v) is 8.60. The summed E-state index contributed by atoms with van der Waals surface area (Å²) < 4.78 is 0. The number of carbonyl (C=O) groups is 2. The van der Waals surface area contributed by atoms with Gasteiger partial charge in [-0.15, -0.1) is 0 Å². The van der Waals surface area contributed by atoms with E-state index in [0.29, 0.717) is 10.7 Å². The average molecular weight is 337 g/mol. The van der Waals surface area contributed by atoms with E-state index in [1.807, 2.05) is 25.7 Å². The summed E-state index contributed by atoms with van der Waals surface area (Å²) in [4.78, 5) is 27.1. The fraction of sp³-hybridized carbons (Fsp3) is 0.556. The van der Waals surface area contributed by atoms with Gasteiger partial charge in [-0.1, -0.05) is 38.4 Å². The zero-order valence-corrected chi connectivity index (χ0v) is 15.4. The molecule has 1 aliphatic heterocycles. The van der Waals surface area contributed by atoms with Crippen molar-refractivity contribution in [3.05, 3.63) is 29.3 Å². The number of amides is 2. The zero-order chi connectivity index (χ0) is 17.6. The predicted octanol–water partition coefficient (Wildman–Crippen LogP) is 3.95. The highest BCUT2D eigenvalue weighted by Crippen LogP contribution is 2.43. The molecule has 0 saturated carbocycles. The number of rotatable bonds is 2. The molecule has 0 aliphatic carbocycles. The molecule has 1 N–H and O–H groups in total. The van der Waals surface area contributed by atoms with Crippen LogP contribution in [0.2, 0.25) is 5.02 Å². The molecule has 2 unspecified atom stereocenters. The maximum absolute atomic E-state index is 12.6. The molecule has 126 valence electrons. The van der Waals surface area contributed by atoms with Crippen LogP contribution in [0.5, 0.6) is 0 Å². The number of hydrogen-bond acceptors (Lipinski definition) is 2. The van der Waals surface area contributed by atoms with Crippen molar-refractivity contribution >= 4 is 29.1 Å². The summed E-state index contributed by atoms with van der Waals surface area (Å²) in [7, 11) is 0. The summed E-state index contributed by atoms with van der Waals surface area (Å²) in [5.41, 5.74) is 0.122. The molecule has 1 aromatic carbocycles. The minimum absolute atomic E-state index is 0.114. The van der Waals surface area contributed by atoms with Crippen molar-refractivity contribution in [2.45, 2.75) is 53.1 Å². The largest absolute Gasteiger partial charge is 0.332 e. The van der Waals surface area contributed by atoms with Crippen molar-refractivity contribution in [1.29, 1.82) is 0 Å². The molecular formula is C18H25ClN2O2. The Labute approximate surface area is 143 Å². The van der Waals surface area contributed by atoms with E-state index in [-0.39, 0.29) is 28.8 Å². The van der Waals surface area contributed by atoms with Crippen LogP contribution >= 0.6 is 11.6 Å². The third-order valence-corrected chi connectivity index (χ3v) is 4.32. The van der Waals surface area contributed by atoms with Crippen molar-refractivity contribution in [2.75, 3.05) is 5.32 Å². The Balaban J connectivity index is 2.24. The second kappa shape index (κ2) is 5.82. The number of anilines is 1. The Hall–Kier alpha value is -1.55. The second-order valence-electron chi connectivity index (χ2n) is 8.17. The summed E-state index contributed by atoms with van der Waals surface area (Å²) >= 11 is 5.94. The molecule has 1 aromatic rings. The molecule has 1 heterocycles. The fourth-order valence-corrected chi connectivity index (χ4v) is 3.36. The first kappa shape index (κ1) is 17.8. The summed E-state index contributed by atoms with van der Waals surface area (Å²) in [6.07, 6.45) is 0. The highest BCUT2D eigenvalue weighted by atomic mass is 35.5. The molecule has 1 saturated heterocycles. The standard InChI is InChI=1S/C18H25ClN2O2/c1-17(2,3)14-13(16(23)21(14)18(4,5)6)15(22)20-12-9-7-8-11(19)10-12/h7-10,13-14H,1-6H3,(H,20,22). The highest BCUT2D eigenvalue weighted by molar-refractivity contribution is 6.31. The van der Waals surface area contributed by atoms with E-state index in [4.69, 9.17) is 11.6 Å². The normalized spacial score (nSPS) is 21.9. The third kappa shape index (κ3) is 3.52. The lowest BCUT2D eigenvalue weighted by molar-refractivity contribution is -0.177. The third-order valence-electron chi connectivity index (χ3n) is 4.08. The van der Waals surface area contributed by atoms with Crippen LogP contribution in [0.25, 0.3) is 0 Å². The Morgan fingerprint density at radius 1 is 1.17 bits per heavy atom. The molecule has 1 fully saturated rings. The lowest BCUT2D eigenvalue weighted by atomic mass is 9.69. The monoisotopic (exact) mass is 336 g/mol. The molecule has 0 spiro atoms. The minimum atomic E-state index is -0.659. The summed E-state index contributed by atoms with van der Waals surface area (Å²) in [6, 6.07) is 6.82. The van der Waals surface area contributed by atoms with Gasteiger partial charge in [0.15, 0.2) is 0 Å². The van der Waals surface area contributed by atoms with Crippen LogP contribution in [0.1, 0.15) is 41.5 Å². The van der Waals surface area contributed by atoms with Gasteiger partial charge < -0.3 is 10.2 Å². The molecule has 4 nitrogen and oxygen atoms in total. The van der Waals surface area contributed by atoms with Crippen LogP contribution in [0, 0.1) is 11.3 Å². The molecule has 2 rings (SSSR count). The van der Waals surface area contributed by atoms with Crippen LogP contribution in [-0.4, -0.2) is 28.3 Å². The number of β-lactam (4-membered cyclic amide) rings is 1. The Morgan fingerprint density at radius 3 is 2.26 bits per heavy atom. The number of likely N-dealkylation sites (tertiary alicyclic amines) is 1. The van der Waals surface area contributed by atoms with E-state index in [1.165, 1.54) is 0 Å². The molecule has 2 amide bonds. The van der Waals surface area contributed by atoms with E-state index >= 15 is 0 Å². The van der Waals surface area contributed by atoms with Gasteiger partial charge in [0.05, 0.1) is 6.04 Å². The number of carbonyl (C=O) groups excluding carboxylic acids is 2. The Bertz CT molecular complexity index is 629. The number of hydrogen-bond donors (Lipinski definition) is 1. The number of nitrogens with one attached hydrogen (secondary N) is 1. The molecule has 1 aliphatic rings. The number of nitrogens with zero attached hydrogens (tertiary/aromatic N) is 1. The van der Waals surface area contributed by atoms with Crippen LogP contribution in [0.3, 0.4) is 0 Å². The quantitative estimate of drug-likeness (QED) is 0.656. The first-order valence-electron chi connectivity index (χ1n) is 7.82. The van der Waals surface area contributed by atoms with E-state index in [9.17, 15) is 9.59 Å². The van der Waals surface area contributed by atoms with Gasteiger partial charge in [-0.3, -0.25) is 9.59 Å². The maximum Gasteiger partial charge on any atom is 0.239 e. The Kier molecular flexibility index (Phi) is 4.51. The lowest BCUT2D eigenvalue weighted by Crippen LogP contribution is -2.73. The van der Waals surface area contributed by atoms with Gasteiger partial charge in [0.25, 0.3) is 0 Å². The lowest BCUT2D eigenvalue weighted by Gasteiger charge is -2.57. The van der Waals surface area contributed by atoms with Gasteiger partial charge in [-0.25, -0.2) is 0 Å². The molecule has 2 atom stereocenters. The minimum Gasteiger partial charge on any atom is -0.332 e. The van der Waals surface area contributed by atoms with E-state index in [1.54, 1.807) is 24.3 Å². The van der Waals surface area contributed by atoms with Gasteiger partial charge in [0.2, 0.25) is 11.8 Å². The van der Waals surface area contributed by atoms with Crippen LogP contribution in [0.4, 0.5) is 5.69 Å². The van der Waals surface area contributed by atoms with E-state index in [2.05, 4.69) is 26.1 Å². The fourth-order valence-electron chi connectivity index (χ4n) is 3.17. The molecule has 0 bridgehead atoms. The van der Waals surface area contributed by atoms with Gasteiger partial charge in [-0.2, -0.15) is 0 Å². The van der Waals surface area contributed by atoms with Crippen molar-refractivity contribution in [1.82, 2.24) is 4.90 Å². The van der Waals surface area contributed by atoms with Gasteiger partial charge in [-0.05, 0) is 44.4 Å². The molecule has 0 aromatic heterocycles. The smallest absolute Gasteiger partial charge is 0.239 e. The molecule has 0 radical (unpaired) electrons. The molecule has 23 heavy (non-hydrogen) atoms. The Morgan fingerprint density at radius 2 is 1.78 bits per heavy atom. The molecule has 5 heteroatoms. The van der Waals surface area contributed by atoms with Crippen molar-refractivity contribution in [3.8, 4) is 0 Å². The molecular weight excluding hydrogens is 312 g/mol. The van der Waals surface area contributed by atoms with E-state index < -0.39 is 5.92 Å². The predicted molar refractivity (Wildman–Crippen MR) is 93.4 cm³/mol. The first-order chi connectivity index (χ1) is 10.4. The van der Waals surface area contributed by atoms with Crippen molar-refractivity contribution in [3.63, 3.8) is 0 Å². The SMILES string of the molecule is CC(C)(C)C1C(C(=O)Nc2cccc(Cl)c2)C(=O)N1C(C)(C)C. The van der Waals surface area contributed by atoms with Gasteiger partial charge >= 0.3 is 0 Å². The average Bonchev–Trinajstić information content (AvgIpc) is 2.32. The van der Waals surface area contributed by atoms with Crippen LogP contribution in [-0.2, 0) is 9.59 Å². The summed E-state index contributed by atoms with van der Waals surface area (Å²) in [5.74, 6) is -1.04. The van der Waals surface area contributed by atoms with Crippen molar-refractivity contribution < 1.29 is 9.59 Å². The zero-order valence-electron chi connectivity index (χ0n) is 14.6. The van der Waals surface area contributed by atoms with Crippen LogP contribution < -0.4 is 5.32 Å². The van der Waals surface area contributed by atoms with Gasteiger partial charge in [0.1, 0.15) is 5.92 Å². The van der Waals surface area contributed by atoms with Crippen LogP contribution in [0.15, 0.2) is 24.3 Å². The number of halogens is 1. The summed E-state index contributed by atoms with van der Waals surface area (Å²) in [6.45, 7) is 12.2. The van der Waals surface area contributed by atoms with E-state index in [0.717, 1.165) is 0 Å². The highest BCUT2D eigenvalue weighted by Gasteiger charge is 2.59. The maximum atomic E-state index is 12.6. The summed E-state index contributed by atoms with van der Waals surface area (Å²) in [5, 5.41) is 3.37. The number of benzene rings is 1. The van der Waals surface area contributed by atoms with Crippen molar-refractivity contribution in [2.24, 2.45) is 11.3 Å². The van der Waals surface area contributed by atoms with Gasteiger partial charge in [0, 0.05) is 16.2 Å².